The van der Waals surface area contributed by atoms with Gasteiger partial charge in [-0.2, -0.15) is 0 Å². The number of carbonyl (C=O) groups is 2. The number of anilines is 1. The van der Waals surface area contributed by atoms with Gasteiger partial charge in [0.2, 0.25) is 5.91 Å². The van der Waals surface area contributed by atoms with Gasteiger partial charge in [0.25, 0.3) is 0 Å². The molecule has 7 heteroatoms. The molecular weight excluding hydrogens is 292 g/mol. The van der Waals surface area contributed by atoms with Crippen LogP contribution in [0, 0.1) is 0 Å². The first kappa shape index (κ1) is 15.9. The molecule has 1 aromatic rings. The molecule has 0 spiro atoms. The molecule has 1 saturated heterocycles. The number of aliphatic hydroxyl groups excluding tert-OH is 1. The molecule has 1 amide bonds. The normalized spacial score (nSPS) is 21.3. The average molecular weight is 312 g/mol. The molecule has 1 fully saturated rings. The molecule has 0 saturated carbocycles. The molecule has 0 radical (unpaired) electrons. The number of aryl methyl sites for hydroxylation is 1. The van der Waals surface area contributed by atoms with E-state index in [2.05, 4.69) is 10.6 Å². The number of rotatable bonds is 5. The predicted octanol–water partition coefficient (Wildman–Crippen LogP) is 1.15. The second-order valence-electron chi connectivity index (χ2n) is 4.87. The molecule has 1 aliphatic rings. The minimum absolute atomic E-state index is 0.235. The zero-order valence-electron chi connectivity index (χ0n) is 12.1. The lowest BCUT2D eigenvalue weighted by Gasteiger charge is -2.11. The number of hydrogen-bond donors (Lipinski definition) is 3. The Balaban J connectivity index is 2.12. The summed E-state index contributed by atoms with van der Waals surface area (Å²) in [7, 11) is 0. The second kappa shape index (κ2) is 7.02. The molecule has 6 nitrogen and oxygen atoms in total. The molecule has 2 heterocycles. The van der Waals surface area contributed by atoms with Crippen molar-refractivity contribution in [3.63, 3.8) is 0 Å². The van der Waals surface area contributed by atoms with E-state index in [-0.39, 0.29) is 5.91 Å². The van der Waals surface area contributed by atoms with Gasteiger partial charge >= 0.3 is 5.97 Å². The van der Waals surface area contributed by atoms with E-state index in [1.54, 1.807) is 13.0 Å². The summed E-state index contributed by atoms with van der Waals surface area (Å²) in [5.74, 6) is -0.662. The van der Waals surface area contributed by atoms with Crippen molar-refractivity contribution in [3.8, 4) is 0 Å². The van der Waals surface area contributed by atoms with Crippen molar-refractivity contribution in [1.82, 2.24) is 5.32 Å². The summed E-state index contributed by atoms with van der Waals surface area (Å²) in [6.07, 6.45) is 0.666. The van der Waals surface area contributed by atoms with Crippen LogP contribution in [0.5, 0.6) is 0 Å². The largest absolute Gasteiger partial charge is 0.462 e. The van der Waals surface area contributed by atoms with Gasteiger partial charge in [-0.1, -0.05) is 6.92 Å². The number of thiophene rings is 1. The number of hydrogen-bond acceptors (Lipinski definition) is 6. The Morgan fingerprint density at radius 1 is 1.52 bits per heavy atom. The third kappa shape index (κ3) is 3.81. The summed E-state index contributed by atoms with van der Waals surface area (Å²) >= 11 is 1.38. The lowest BCUT2D eigenvalue weighted by Crippen LogP contribution is -2.35. The van der Waals surface area contributed by atoms with Crippen molar-refractivity contribution in [2.45, 2.75) is 38.8 Å². The second-order valence-corrected chi connectivity index (χ2v) is 6.01. The van der Waals surface area contributed by atoms with Gasteiger partial charge in [-0.3, -0.25) is 4.79 Å². The minimum Gasteiger partial charge on any atom is -0.462 e. The van der Waals surface area contributed by atoms with Crippen LogP contribution in [0.1, 0.15) is 35.5 Å². The van der Waals surface area contributed by atoms with Gasteiger partial charge in [-0.25, -0.2) is 4.79 Å². The summed E-state index contributed by atoms with van der Waals surface area (Å²) < 4.78 is 5.01. The van der Waals surface area contributed by atoms with Crippen LogP contribution in [0.2, 0.25) is 0 Å². The minimum atomic E-state index is -0.500. The number of esters is 1. The quantitative estimate of drug-likeness (QED) is 0.710. The molecule has 2 rings (SSSR count). The Morgan fingerprint density at radius 3 is 2.86 bits per heavy atom. The maximum Gasteiger partial charge on any atom is 0.341 e. The maximum atomic E-state index is 12.2. The fraction of sp³-hybridized carbons (Fsp3) is 0.571. The lowest BCUT2D eigenvalue weighted by molar-refractivity contribution is -0.117. The van der Waals surface area contributed by atoms with Crippen LogP contribution in [0.4, 0.5) is 5.00 Å². The van der Waals surface area contributed by atoms with Crippen LogP contribution in [-0.2, 0) is 16.0 Å². The summed E-state index contributed by atoms with van der Waals surface area (Å²) in [6, 6.07) is 1.33. The topological polar surface area (TPSA) is 87.7 Å². The molecule has 0 bridgehead atoms. The van der Waals surface area contributed by atoms with Crippen LogP contribution in [0.15, 0.2) is 6.07 Å². The maximum absolute atomic E-state index is 12.2. The first-order chi connectivity index (χ1) is 10.0. The summed E-state index contributed by atoms with van der Waals surface area (Å²) in [5.41, 5.74) is 0.394. The fourth-order valence-electron chi connectivity index (χ4n) is 2.19. The van der Waals surface area contributed by atoms with E-state index in [0.29, 0.717) is 30.1 Å². The summed E-state index contributed by atoms with van der Waals surface area (Å²) in [5, 5.41) is 15.7. The third-order valence-corrected chi connectivity index (χ3v) is 4.48. The number of β-amino-alcohol motifs (C(OH)–C–C–N with tert-alkyl or cyclic N) is 1. The highest BCUT2D eigenvalue weighted by Gasteiger charge is 2.29. The average Bonchev–Trinajstić information content (AvgIpc) is 3.05. The van der Waals surface area contributed by atoms with Crippen LogP contribution in [0.25, 0.3) is 0 Å². The van der Waals surface area contributed by atoms with Crippen LogP contribution < -0.4 is 10.6 Å². The van der Waals surface area contributed by atoms with Crippen molar-refractivity contribution in [2.75, 3.05) is 18.5 Å². The number of aliphatic hydroxyl groups is 1. The Bertz CT molecular complexity index is 529. The smallest absolute Gasteiger partial charge is 0.341 e. The van der Waals surface area contributed by atoms with Crippen LogP contribution in [0.3, 0.4) is 0 Å². The van der Waals surface area contributed by atoms with Crippen molar-refractivity contribution in [1.29, 1.82) is 0 Å². The number of ether oxygens (including phenoxy) is 1. The zero-order valence-corrected chi connectivity index (χ0v) is 13.0. The van der Waals surface area contributed by atoms with E-state index in [1.165, 1.54) is 11.3 Å². The van der Waals surface area contributed by atoms with Gasteiger partial charge < -0.3 is 20.5 Å². The van der Waals surface area contributed by atoms with Gasteiger partial charge in [0.05, 0.1) is 24.3 Å². The van der Waals surface area contributed by atoms with Crippen LogP contribution in [-0.4, -0.2) is 42.3 Å². The highest BCUT2D eigenvalue weighted by molar-refractivity contribution is 7.16. The Morgan fingerprint density at radius 2 is 2.29 bits per heavy atom. The van der Waals surface area contributed by atoms with Crippen molar-refractivity contribution in [3.05, 3.63) is 16.5 Å². The summed E-state index contributed by atoms with van der Waals surface area (Å²) in [6.45, 7) is 4.43. The zero-order chi connectivity index (χ0) is 15.4. The standard InChI is InChI=1S/C14H20N2O4S/c1-3-9-6-10(14(19)20-4-2)13(21-9)16-12(18)11-5-8(17)7-15-11/h6,8,11,15,17H,3-5,7H2,1-2H3,(H,16,18). The molecule has 21 heavy (non-hydrogen) atoms. The molecule has 3 N–H and O–H groups in total. The fourth-order valence-corrected chi connectivity index (χ4v) is 3.17. The molecule has 0 aliphatic carbocycles. The van der Waals surface area contributed by atoms with E-state index in [0.717, 1.165) is 11.3 Å². The molecule has 0 aromatic carbocycles. The van der Waals surface area contributed by atoms with E-state index in [1.807, 2.05) is 6.92 Å². The van der Waals surface area contributed by atoms with E-state index in [9.17, 15) is 14.7 Å². The molecular formula is C14H20N2O4S. The molecule has 1 aliphatic heterocycles. The molecule has 116 valence electrons. The molecule has 1 aromatic heterocycles. The van der Waals surface area contributed by atoms with E-state index < -0.39 is 18.1 Å². The highest BCUT2D eigenvalue weighted by atomic mass is 32.1. The number of amides is 1. The lowest BCUT2D eigenvalue weighted by atomic mass is 10.2. The first-order valence-electron chi connectivity index (χ1n) is 7.07. The number of nitrogens with one attached hydrogen (secondary N) is 2. The molecule has 2 atom stereocenters. The van der Waals surface area contributed by atoms with Gasteiger partial charge in [-0.15, -0.1) is 11.3 Å². The van der Waals surface area contributed by atoms with E-state index in [4.69, 9.17) is 4.74 Å². The Kier molecular flexibility index (Phi) is 5.33. The van der Waals surface area contributed by atoms with Gasteiger partial charge in [0.1, 0.15) is 5.00 Å². The Hall–Kier alpha value is -1.44. The van der Waals surface area contributed by atoms with Crippen molar-refractivity contribution in [2.24, 2.45) is 0 Å². The first-order valence-corrected chi connectivity index (χ1v) is 7.88. The van der Waals surface area contributed by atoms with E-state index >= 15 is 0 Å². The summed E-state index contributed by atoms with van der Waals surface area (Å²) in [4.78, 5) is 25.1. The van der Waals surface area contributed by atoms with Crippen LogP contribution >= 0.6 is 11.3 Å². The molecule has 2 unspecified atom stereocenters. The van der Waals surface area contributed by atoms with Crippen molar-refractivity contribution >= 4 is 28.2 Å². The van der Waals surface area contributed by atoms with Gasteiger partial charge in [-0.05, 0) is 25.8 Å². The Labute approximate surface area is 127 Å². The highest BCUT2D eigenvalue weighted by Crippen LogP contribution is 2.29. The SMILES string of the molecule is CCOC(=O)c1cc(CC)sc1NC(=O)C1CC(O)CN1. The van der Waals surface area contributed by atoms with Gasteiger partial charge in [0, 0.05) is 11.4 Å². The predicted molar refractivity (Wildman–Crippen MR) is 80.7 cm³/mol. The monoisotopic (exact) mass is 312 g/mol. The van der Waals surface area contributed by atoms with Crippen molar-refractivity contribution < 1.29 is 19.4 Å². The number of carbonyl (C=O) groups excluding carboxylic acids is 2. The van der Waals surface area contributed by atoms with Gasteiger partial charge in [0.15, 0.2) is 0 Å². The third-order valence-electron chi connectivity index (χ3n) is 3.29.